The predicted molar refractivity (Wildman–Crippen MR) is 155 cm³/mol. The van der Waals surface area contributed by atoms with Gasteiger partial charge in [0, 0.05) is 41.1 Å². The summed E-state index contributed by atoms with van der Waals surface area (Å²) >= 11 is 0. The predicted octanol–water partition coefficient (Wildman–Crippen LogP) is 5.82. The second-order valence-electron chi connectivity index (χ2n) is 10.9. The molecule has 2 unspecified atom stereocenters. The number of carbonyl (C=O) groups is 2. The van der Waals surface area contributed by atoms with Gasteiger partial charge in [0.15, 0.2) is 0 Å². The molecule has 0 bridgehead atoms. The van der Waals surface area contributed by atoms with Crippen LogP contribution in [0.25, 0.3) is 21.8 Å². The number of hydrogen-bond acceptors (Lipinski definition) is 6. The van der Waals surface area contributed by atoms with Crippen LogP contribution >= 0.6 is 0 Å². The fourth-order valence-electron chi connectivity index (χ4n) is 5.10. The Labute approximate surface area is 230 Å². The SMILES string of the molecule is Cc1ccc2c3ccc(C)cc3n(CCCCCCCCN3C=C(COC(=O)C(C)C(C)C(=O)O)NN3)c2c1. The second kappa shape index (κ2) is 13.0. The van der Waals surface area contributed by atoms with E-state index in [-0.39, 0.29) is 6.61 Å². The van der Waals surface area contributed by atoms with Crippen LogP contribution in [0.4, 0.5) is 0 Å². The topological polar surface area (TPSA) is 95.8 Å². The first kappa shape index (κ1) is 28.5. The standard InChI is InChI=1S/C31H42N4O4/c1-21-11-13-26-27-14-12-22(2)18-29(27)35(28(26)17-21)16-10-8-6-5-7-9-15-34-19-25(32-33-34)20-39-31(38)24(4)23(3)30(36)37/h11-14,17-19,23-24,32-33H,5-10,15-16,20H2,1-4H3,(H,36,37). The molecule has 2 heterocycles. The van der Waals surface area contributed by atoms with Crippen molar-refractivity contribution in [2.75, 3.05) is 13.2 Å². The molecule has 2 atom stereocenters. The molecule has 2 aromatic carbocycles. The number of aromatic nitrogens is 1. The van der Waals surface area contributed by atoms with E-state index in [2.05, 4.69) is 65.8 Å². The van der Waals surface area contributed by atoms with Crippen molar-refractivity contribution >= 4 is 33.7 Å². The fourth-order valence-corrected chi connectivity index (χ4v) is 5.10. The average molecular weight is 535 g/mol. The van der Waals surface area contributed by atoms with Crippen molar-refractivity contribution in [3.8, 4) is 0 Å². The number of nitrogens with one attached hydrogen (secondary N) is 2. The molecule has 0 radical (unpaired) electrons. The molecular weight excluding hydrogens is 492 g/mol. The molecule has 8 heteroatoms. The van der Waals surface area contributed by atoms with E-state index in [0.29, 0.717) is 0 Å². The first-order valence-electron chi connectivity index (χ1n) is 14.1. The number of ether oxygens (including phenoxy) is 1. The number of hydrazine groups is 2. The van der Waals surface area contributed by atoms with Gasteiger partial charge in [-0.15, -0.1) is 5.53 Å². The monoisotopic (exact) mass is 534 g/mol. The van der Waals surface area contributed by atoms with Gasteiger partial charge in [-0.3, -0.25) is 14.6 Å². The molecule has 1 aliphatic heterocycles. The molecule has 39 heavy (non-hydrogen) atoms. The second-order valence-corrected chi connectivity index (χ2v) is 10.9. The summed E-state index contributed by atoms with van der Waals surface area (Å²) in [6.07, 6.45) is 8.95. The van der Waals surface area contributed by atoms with Crippen molar-refractivity contribution in [1.29, 1.82) is 0 Å². The van der Waals surface area contributed by atoms with Crippen LogP contribution < -0.4 is 11.0 Å². The maximum atomic E-state index is 12.1. The third kappa shape index (κ3) is 7.12. The van der Waals surface area contributed by atoms with Crippen molar-refractivity contribution in [2.45, 2.75) is 72.8 Å². The number of benzene rings is 2. The van der Waals surface area contributed by atoms with Crippen molar-refractivity contribution in [1.82, 2.24) is 20.5 Å². The Bertz CT molecular complexity index is 1290. The third-order valence-corrected chi connectivity index (χ3v) is 7.76. The number of hydrogen-bond donors (Lipinski definition) is 3. The lowest BCUT2D eigenvalue weighted by Gasteiger charge is -2.15. The number of aryl methyl sites for hydroxylation is 3. The van der Waals surface area contributed by atoms with Crippen LogP contribution in [0, 0.1) is 25.7 Å². The van der Waals surface area contributed by atoms with Gasteiger partial charge in [-0.2, -0.15) is 0 Å². The number of unbranched alkanes of at least 4 members (excludes halogenated alkanes) is 5. The van der Waals surface area contributed by atoms with E-state index in [1.165, 1.54) is 65.5 Å². The third-order valence-electron chi connectivity index (χ3n) is 7.76. The number of aliphatic carboxylic acids is 1. The van der Waals surface area contributed by atoms with Gasteiger partial charge in [0.05, 0.1) is 17.5 Å². The lowest BCUT2D eigenvalue weighted by atomic mass is 9.96. The lowest BCUT2D eigenvalue weighted by molar-refractivity contribution is -0.155. The van der Waals surface area contributed by atoms with Gasteiger partial charge in [0.1, 0.15) is 6.61 Å². The summed E-state index contributed by atoms with van der Waals surface area (Å²) in [6.45, 7) is 9.41. The van der Waals surface area contributed by atoms with Gasteiger partial charge < -0.3 is 19.8 Å². The Morgan fingerprint density at radius 2 is 1.41 bits per heavy atom. The minimum atomic E-state index is -1.00. The maximum absolute atomic E-state index is 12.1. The van der Waals surface area contributed by atoms with Crippen molar-refractivity contribution in [3.05, 3.63) is 59.4 Å². The van der Waals surface area contributed by atoms with Gasteiger partial charge >= 0.3 is 11.9 Å². The van der Waals surface area contributed by atoms with Crippen LogP contribution in [-0.4, -0.2) is 39.8 Å². The number of esters is 1. The fraction of sp³-hybridized carbons (Fsp3) is 0.484. The zero-order valence-electron chi connectivity index (χ0n) is 23.6. The molecule has 1 aromatic heterocycles. The van der Waals surface area contributed by atoms with Crippen LogP contribution in [0.3, 0.4) is 0 Å². The van der Waals surface area contributed by atoms with Gasteiger partial charge in [0.25, 0.3) is 0 Å². The van der Waals surface area contributed by atoms with Gasteiger partial charge in [-0.25, -0.2) is 0 Å². The minimum Gasteiger partial charge on any atom is -0.481 e. The highest BCUT2D eigenvalue weighted by molar-refractivity contribution is 6.08. The molecule has 0 spiro atoms. The van der Waals surface area contributed by atoms with Crippen molar-refractivity contribution in [3.63, 3.8) is 0 Å². The molecular formula is C31H42N4O4. The van der Waals surface area contributed by atoms with Crippen molar-refractivity contribution < 1.29 is 19.4 Å². The van der Waals surface area contributed by atoms with Gasteiger partial charge in [-0.05, 0) is 49.9 Å². The van der Waals surface area contributed by atoms with E-state index in [9.17, 15) is 9.59 Å². The summed E-state index contributed by atoms with van der Waals surface area (Å²) in [6, 6.07) is 13.6. The van der Waals surface area contributed by atoms with Crippen LogP contribution in [-0.2, 0) is 20.9 Å². The van der Waals surface area contributed by atoms with E-state index in [0.717, 1.165) is 31.6 Å². The van der Waals surface area contributed by atoms with E-state index in [1.807, 2.05) is 11.2 Å². The van der Waals surface area contributed by atoms with Crippen LogP contribution in [0.2, 0.25) is 0 Å². The Morgan fingerprint density at radius 1 is 0.846 bits per heavy atom. The van der Waals surface area contributed by atoms with E-state index >= 15 is 0 Å². The first-order valence-corrected chi connectivity index (χ1v) is 14.1. The quantitative estimate of drug-likeness (QED) is 0.177. The van der Waals surface area contributed by atoms with E-state index in [4.69, 9.17) is 9.84 Å². The molecule has 210 valence electrons. The summed E-state index contributed by atoms with van der Waals surface area (Å²) in [4.78, 5) is 23.1. The molecule has 0 saturated heterocycles. The zero-order chi connectivity index (χ0) is 27.9. The Morgan fingerprint density at radius 3 is 2.00 bits per heavy atom. The number of carboxylic acids is 1. The Hall–Kier alpha value is -3.52. The number of carbonyl (C=O) groups excluding carboxylic acids is 1. The normalized spacial score (nSPS) is 14.9. The first-order chi connectivity index (χ1) is 18.7. The van der Waals surface area contributed by atoms with Crippen LogP contribution in [0.1, 0.15) is 63.5 Å². The molecule has 4 rings (SSSR count). The van der Waals surface area contributed by atoms with E-state index < -0.39 is 23.8 Å². The van der Waals surface area contributed by atoms with Gasteiger partial charge in [-0.1, -0.05) is 63.8 Å². The summed E-state index contributed by atoms with van der Waals surface area (Å²) in [5.74, 6) is -2.98. The summed E-state index contributed by atoms with van der Waals surface area (Å²) < 4.78 is 7.78. The zero-order valence-corrected chi connectivity index (χ0v) is 23.6. The largest absolute Gasteiger partial charge is 0.481 e. The maximum Gasteiger partial charge on any atom is 0.309 e. The molecule has 0 saturated carbocycles. The molecule has 0 fully saturated rings. The van der Waals surface area contributed by atoms with Crippen LogP contribution in [0.5, 0.6) is 0 Å². The number of carboxylic acid groups (broad SMARTS) is 1. The molecule has 0 amide bonds. The molecule has 8 nitrogen and oxygen atoms in total. The van der Waals surface area contributed by atoms with Gasteiger partial charge in [0.2, 0.25) is 0 Å². The Balaban J connectivity index is 1.14. The molecule has 3 N–H and O–H groups in total. The molecule has 0 aliphatic carbocycles. The Kier molecular flexibility index (Phi) is 9.51. The lowest BCUT2D eigenvalue weighted by Crippen LogP contribution is -2.37. The summed E-state index contributed by atoms with van der Waals surface area (Å²) in [5, 5.41) is 13.7. The van der Waals surface area contributed by atoms with E-state index in [1.54, 1.807) is 6.92 Å². The van der Waals surface area contributed by atoms with Crippen molar-refractivity contribution in [2.24, 2.45) is 11.8 Å². The highest BCUT2D eigenvalue weighted by Crippen LogP contribution is 2.31. The number of rotatable bonds is 14. The summed E-state index contributed by atoms with van der Waals surface area (Å²) in [5.41, 5.74) is 12.1. The highest BCUT2D eigenvalue weighted by atomic mass is 16.5. The minimum absolute atomic E-state index is 0.0874. The van der Waals surface area contributed by atoms with Crippen LogP contribution in [0.15, 0.2) is 48.3 Å². The number of fused-ring (bicyclic) bond motifs is 3. The highest BCUT2D eigenvalue weighted by Gasteiger charge is 2.27. The number of nitrogens with zero attached hydrogens (tertiary/aromatic N) is 2. The average Bonchev–Trinajstić information content (AvgIpc) is 3.49. The summed E-state index contributed by atoms with van der Waals surface area (Å²) in [7, 11) is 0. The molecule has 1 aliphatic rings. The smallest absolute Gasteiger partial charge is 0.309 e. The molecule has 3 aromatic rings.